The van der Waals surface area contributed by atoms with Crippen molar-refractivity contribution in [2.24, 2.45) is 5.92 Å². The average Bonchev–Trinajstić information content (AvgIpc) is 2.53. The molecular formula is C17H22BrNO4. The first kappa shape index (κ1) is 17.8. The number of nitrogens with one attached hydrogen (secondary N) is 1. The van der Waals surface area contributed by atoms with Gasteiger partial charge in [0.2, 0.25) is 0 Å². The molecular weight excluding hydrogens is 362 g/mol. The van der Waals surface area contributed by atoms with Crippen LogP contribution in [0.5, 0.6) is 5.75 Å². The molecule has 1 fully saturated rings. The number of hydrogen-bond acceptors (Lipinski definition) is 4. The maximum atomic E-state index is 11.8. The minimum absolute atomic E-state index is 0.188. The van der Waals surface area contributed by atoms with Gasteiger partial charge < -0.3 is 14.8 Å². The van der Waals surface area contributed by atoms with Crippen molar-refractivity contribution in [3.8, 4) is 5.75 Å². The first-order chi connectivity index (χ1) is 11.0. The number of carbonyl (C=O) groups is 2. The highest BCUT2D eigenvalue weighted by atomic mass is 79.9. The van der Waals surface area contributed by atoms with Gasteiger partial charge in [-0.05, 0) is 37.0 Å². The Bertz CT molecular complexity index is 549. The molecule has 5 nitrogen and oxygen atoms in total. The normalized spacial score (nSPS) is 20.6. The van der Waals surface area contributed by atoms with Gasteiger partial charge in [-0.15, -0.1) is 0 Å². The van der Waals surface area contributed by atoms with E-state index in [1.807, 2.05) is 12.1 Å². The Hall–Kier alpha value is -1.56. The van der Waals surface area contributed by atoms with Gasteiger partial charge in [-0.2, -0.15) is 0 Å². The minimum atomic E-state index is -0.559. The lowest BCUT2D eigenvalue weighted by Gasteiger charge is -2.29. The zero-order valence-corrected chi connectivity index (χ0v) is 14.8. The molecule has 0 saturated heterocycles. The number of carbonyl (C=O) groups excluding carboxylic acids is 2. The summed E-state index contributed by atoms with van der Waals surface area (Å²) in [7, 11) is 0. The molecule has 0 aromatic heterocycles. The van der Waals surface area contributed by atoms with Crippen LogP contribution in [-0.4, -0.2) is 31.1 Å². The van der Waals surface area contributed by atoms with Gasteiger partial charge in [-0.1, -0.05) is 41.8 Å². The molecule has 1 aromatic carbocycles. The molecule has 23 heavy (non-hydrogen) atoms. The van der Waals surface area contributed by atoms with E-state index < -0.39 is 5.97 Å². The highest BCUT2D eigenvalue weighted by Gasteiger charge is 2.23. The number of ether oxygens (including phenoxy) is 2. The van der Waals surface area contributed by atoms with Crippen molar-refractivity contribution in [1.82, 2.24) is 5.32 Å². The number of halogens is 1. The molecule has 0 heterocycles. The van der Waals surface area contributed by atoms with Crippen LogP contribution >= 0.6 is 15.9 Å². The first-order valence-corrected chi connectivity index (χ1v) is 8.67. The van der Waals surface area contributed by atoms with Gasteiger partial charge >= 0.3 is 5.97 Å². The Morgan fingerprint density at radius 3 is 2.78 bits per heavy atom. The van der Waals surface area contributed by atoms with E-state index in [0.29, 0.717) is 11.7 Å². The highest BCUT2D eigenvalue weighted by Crippen LogP contribution is 2.23. The van der Waals surface area contributed by atoms with E-state index in [-0.39, 0.29) is 25.2 Å². The molecule has 1 N–H and O–H groups in total. The van der Waals surface area contributed by atoms with E-state index in [1.165, 1.54) is 6.42 Å². The largest absolute Gasteiger partial charge is 0.482 e. The van der Waals surface area contributed by atoms with Crippen LogP contribution in [0.3, 0.4) is 0 Å². The van der Waals surface area contributed by atoms with Crippen molar-refractivity contribution < 1.29 is 19.1 Å². The summed E-state index contributed by atoms with van der Waals surface area (Å²) >= 11 is 3.32. The summed E-state index contributed by atoms with van der Waals surface area (Å²) in [6, 6.07) is 7.36. The zero-order chi connectivity index (χ0) is 16.7. The Balaban J connectivity index is 1.66. The van der Waals surface area contributed by atoms with Crippen LogP contribution < -0.4 is 10.1 Å². The van der Waals surface area contributed by atoms with Gasteiger partial charge in [0, 0.05) is 10.5 Å². The molecule has 1 saturated carbocycles. The molecule has 1 aliphatic carbocycles. The summed E-state index contributed by atoms with van der Waals surface area (Å²) in [6.45, 7) is 1.66. The quantitative estimate of drug-likeness (QED) is 0.766. The Kier molecular flexibility index (Phi) is 6.89. The molecule has 1 amide bonds. The second-order valence-corrected chi connectivity index (χ2v) is 6.76. The van der Waals surface area contributed by atoms with Crippen molar-refractivity contribution in [3.05, 3.63) is 28.7 Å². The summed E-state index contributed by atoms with van der Waals surface area (Å²) < 4.78 is 11.1. The lowest BCUT2D eigenvalue weighted by molar-refractivity contribution is -0.150. The second-order valence-electron chi connectivity index (χ2n) is 5.84. The van der Waals surface area contributed by atoms with Crippen LogP contribution in [0.4, 0.5) is 0 Å². The fourth-order valence-corrected chi connectivity index (χ4v) is 3.04. The van der Waals surface area contributed by atoms with Crippen molar-refractivity contribution in [2.75, 3.05) is 13.2 Å². The van der Waals surface area contributed by atoms with Gasteiger partial charge in [-0.3, -0.25) is 4.79 Å². The zero-order valence-electron chi connectivity index (χ0n) is 13.2. The molecule has 1 aromatic rings. The second kappa shape index (κ2) is 8.91. The SMILES string of the molecule is C[C@H]1CCCC[C@H]1NC(=O)COC(=O)COc1cccc(Br)c1. The molecule has 2 atom stereocenters. The first-order valence-electron chi connectivity index (χ1n) is 7.88. The lowest BCUT2D eigenvalue weighted by atomic mass is 9.86. The van der Waals surface area contributed by atoms with Gasteiger partial charge in [0.1, 0.15) is 5.75 Å². The maximum Gasteiger partial charge on any atom is 0.344 e. The minimum Gasteiger partial charge on any atom is -0.482 e. The van der Waals surface area contributed by atoms with E-state index >= 15 is 0 Å². The molecule has 0 bridgehead atoms. The topological polar surface area (TPSA) is 64.6 Å². The smallest absolute Gasteiger partial charge is 0.344 e. The third kappa shape index (κ3) is 6.22. The molecule has 0 aliphatic heterocycles. The number of benzene rings is 1. The highest BCUT2D eigenvalue weighted by molar-refractivity contribution is 9.10. The third-order valence-electron chi connectivity index (χ3n) is 3.97. The van der Waals surface area contributed by atoms with Crippen molar-refractivity contribution >= 4 is 27.8 Å². The van der Waals surface area contributed by atoms with Crippen LogP contribution in [0.2, 0.25) is 0 Å². The van der Waals surface area contributed by atoms with Crippen molar-refractivity contribution in [3.63, 3.8) is 0 Å². The van der Waals surface area contributed by atoms with Crippen LogP contribution in [0.15, 0.2) is 28.7 Å². The summed E-state index contributed by atoms with van der Waals surface area (Å²) in [6.07, 6.45) is 4.48. The van der Waals surface area contributed by atoms with Crippen LogP contribution in [0, 0.1) is 5.92 Å². The summed E-state index contributed by atoms with van der Waals surface area (Å²) in [5, 5.41) is 2.94. The number of rotatable bonds is 6. The predicted molar refractivity (Wildman–Crippen MR) is 90.2 cm³/mol. The van der Waals surface area contributed by atoms with E-state index in [1.54, 1.807) is 12.1 Å². The van der Waals surface area contributed by atoms with Crippen LogP contribution in [-0.2, 0) is 14.3 Å². The molecule has 1 aliphatic rings. The van der Waals surface area contributed by atoms with Gasteiger partial charge in [0.05, 0.1) is 0 Å². The molecule has 0 radical (unpaired) electrons. The summed E-state index contributed by atoms with van der Waals surface area (Å²) in [5.74, 6) is 0.233. The van der Waals surface area contributed by atoms with Crippen LogP contribution in [0.1, 0.15) is 32.6 Å². The number of hydrogen-bond donors (Lipinski definition) is 1. The van der Waals surface area contributed by atoms with E-state index in [2.05, 4.69) is 28.2 Å². The van der Waals surface area contributed by atoms with E-state index in [9.17, 15) is 9.59 Å². The van der Waals surface area contributed by atoms with Gasteiger partial charge in [-0.25, -0.2) is 4.79 Å². The third-order valence-corrected chi connectivity index (χ3v) is 4.47. The van der Waals surface area contributed by atoms with Crippen molar-refractivity contribution in [2.45, 2.75) is 38.6 Å². The maximum absolute atomic E-state index is 11.8. The average molecular weight is 384 g/mol. The van der Waals surface area contributed by atoms with Crippen LogP contribution in [0.25, 0.3) is 0 Å². The number of amides is 1. The summed E-state index contributed by atoms with van der Waals surface area (Å²) in [4.78, 5) is 23.5. The molecule has 0 spiro atoms. The predicted octanol–water partition coefficient (Wildman–Crippen LogP) is 3.07. The molecule has 2 rings (SSSR count). The Morgan fingerprint density at radius 1 is 1.26 bits per heavy atom. The van der Waals surface area contributed by atoms with E-state index in [4.69, 9.17) is 9.47 Å². The molecule has 126 valence electrons. The van der Waals surface area contributed by atoms with Gasteiger partial charge in [0.25, 0.3) is 5.91 Å². The Labute approximate surface area is 144 Å². The van der Waals surface area contributed by atoms with Gasteiger partial charge in [0.15, 0.2) is 13.2 Å². The van der Waals surface area contributed by atoms with Crippen molar-refractivity contribution in [1.29, 1.82) is 0 Å². The molecule has 0 unspecified atom stereocenters. The Morgan fingerprint density at radius 2 is 2.04 bits per heavy atom. The fraction of sp³-hybridized carbons (Fsp3) is 0.529. The summed E-state index contributed by atoms with van der Waals surface area (Å²) in [5.41, 5.74) is 0. The lowest BCUT2D eigenvalue weighted by Crippen LogP contribution is -2.43. The monoisotopic (exact) mass is 383 g/mol. The molecule has 6 heteroatoms. The number of esters is 1. The standard InChI is InChI=1S/C17H22BrNO4/c1-12-5-2-3-8-15(12)19-16(20)10-23-17(21)11-22-14-7-4-6-13(18)9-14/h4,6-7,9,12,15H,2-3,5,8,10-11H2,1H3,(H,19,20)/t12-,15+/m0/s1. The van der Waals surface area contributed by atoms with E-state index in [0.717, 1.165) is 23.7 Å². The fourth-order valence-electron chi connectivity index (χ4n) is 2.67.